The van der Waals surface area contributed by atoms with Gasteiger partial charge in [0.15, 0.2) is 0 Å². The highest BCUT2D eigenvalue weighted by Gasteiger charge is 2.18. The summed E-state index contributed by atoms with van der Waals surface area (Å²) < 4.78 is 0. The third kappa shape index (κ3) is 61.0. The molecule has 426 valence electrons. The van der Waals surface area contributed by atoms with Crippen LogP contribution in [0.3, 0.4) is 0 Å². The zero-order valence-electron chi connectivity index (χ0n) is 49.0. The Morgan fingerprint density at radius 2 is 0.600 bits per heavy atom. The Balaban J connectivity index is 3.62. The highest BCUT2D eigenvalue weighted by molar-refractivity contribution is 5.76. The molecule has 1 amide bonds. The number of aliphatic hydroxyl groups is 2. The molecule has 0 aliphatic rings. The first-order valence-electron chi connectivity index (χ1n) is 31.5. The van der Waals surface area contributed by atoms with Crippen LogP contribution in [0.4, 0.5) is 0 Å². The average molecular weight is 1030 g/mol. The van der Waals surface area contributed by atoms with Gasteiger partial charge < -0.3 is 15.5 Å². The molecule has 0 aromatic rings. The van der Waals surface area contributed by atoms with E-state index in [1.807, 2.05) is 6.08 Å². The van der Waals surface area contributed by atoms with Crippen molar-refractivity contribution in [1.82, 2.24) is 5.32 Å². The van der Waals surface area contributed by atoms with E-state index in [-0.39, 0.29) is 12.5 Å². The molecule has 0 saturated heterocycles. The number of aliphatic hydroxyl groups excluding tert-OH is 2. The first kappa shape index (κ1) is 71.3. The third-order valence-corrected chi connectivity index (χ3v) is 13.5. The van der Waals surface area contributed by atoms with Crippen LogP contribution in [0.2, 0.25) is 0 Å². The normalized spacial score (nSPS) is 13.8. The molecule has 0 saturated carbocycles. The van der Waals surface area contributed by atoms with Crippen LogP contribution in [0.1, 0.15) is 277 Å². The van der Waals surface area contributed by atoms with Gasteiger partial charge in [-0.25, -0.2) is 0 Å². The molecule has 0 fully saturated rings. The van der Waals surface area contributed by atoms with Crippen molar-refractivity contribution in [3.63, 3.8) is 0 Å². The SMILES string of the molecule is CC/C=C\C/C=C\C/C=C\C/C=C\C/C=C\C/C=C\C/C=C\C/C=C\C/C=C\CCCCCCCCCCCCCC(=O)NC(CO)C(O)/C=C/CC/C=C/CC/C=C/CCCCCCCCCCCCCCCC. The molecule has 0 rings (SSSR count). The monoisotopic (exact) mass is 1030 g/mol. The van der Waals surface area contributed by atoms with E-state index in [9.17, 15) is 15.0 Å². The number of carbonyl (C=O) groups is 1. The Bertz CT molecular complexity index is 1550. The van der Waals surface area contributed by atoms with E-state index in [0.717, 1.165) is 103 Å². The first-order valence-corrected chi connectivity index (χ1v) is 31.5. The second-order valence-corrected chi connectivity index (χ2v) is 20.7. The molecule has 2 unspecified atom stereocenters. The van der Waals surface area contributed by atoms with Gasteiger partial charge in [-0.2, -0.15) is 0 Å². The van der Waals surface area contributed by atoms with Gasteiger partial charge in [0.2, 0.25) is 5.91 Å². The molecule has 0 aliphatic heterocycles. The Labute approximate surface area is 465 Å². The molecule has 0 heterocycles. The highest BCUT2D eigenvalue weighted by Crippen LogP contribution is 2.15. The summed E-state index contributed by atoms with van der Waals surface area (Å²) in [5, 5.41) is 23.2. The smallest absolute Gasteiger partial charge is 0.220 e. The minimum Gasteiger partial charge on any atom is -0.394 e. The first-order chi connectivity index (χ1) is 37.2. The largest absolute Gasteiger partial charge is 0.394 e. The third-order valence-electron chi connectivity index (χ3n) is 13.5. The van der Waals surface area contributed by atoms with Gasteiger partial charge >= 0.3 is 0 Å². The quantitative estimate of drug-likeness (QED) is 0.0420. The summed E-state index contributed by atoms with van der Waals surface area (Å²) in [5.74, 6) is -0.0854. The lowest BCUT2D eigenvalue weighted by Crippen LogP contribution is -2.45. The zero-order chi connectivity index (χ0) is 54.1. The van der Waals surface area contributed by atoms with Gasteiger partial charge in [-0.3, -0.25) is 4.79 Å². The predicted octanol–water partition coefficient (Wildman–Crippen LogP) is 21.5. The number of nitrogens with one attached hydrogen (secondary N) is 1. The molecule has 75 heavy (non-hydrogen) atoms. The number of carbonyl (C=O) groups excluding carboxylic acids is 1. The highest BCUT2D eigenvalue weighted by atomic mass is 16.3. The van der Waals surface area contributed by atoms with E-state index < -0.39 is 12.1 Å². The lowest BCUT2D eigenvalue weighted by Gasteiger charge is -2.19. The number of unbranched alkanes of at least 4 members (excludes halogenated alkanes) is 27. The van der Waals surface area contributed by atoms with E-state index in [4.69, 9.17) is 0 Å². The summed E-state index contributed by atoms with van der Waals surface area (Å²) in [4.78, 5) is 12.5. The molecule has 0 aliphatic carbocycles. The molecule has 0 radical (unpaired) electrons. The van der Waals surface area contributed by atoms with Crippen molar-refractivity contribution in [2.24, 2.45) is 0 Å². The van der Waals surface area contributed by atoms with Crippen molar-refractivity contribution < 1.29 is 15.0 Å². The number of rotatable bonds is 56. The Hall–Kier alpha value is -3.73. The fourth-order valence-corrected chi connectivity index (χ4v) is 8.79. The zero-order valence-corrected chi connectivity index (χ0v) is 49.0. The fraction of sp³-hybridized carbons (Fsp3) is 0.648. The van der Waals surface area contributed by atoms with Gasteiger partial charge in [0.25, 0.3) is 0 Å². The van der Waals surface area contributed by atoms with Crippen LogP contribution in [-0.2, 0) is 4.79 Å². The van der Waals surface area contributed by atoms with Crippen molar-refractivity contribution in [2.75, 3.05) is 6.61 Å². The molecular formula is C71H119NO3. The van der Waals surface area contributed by atoms with E-state index in [0.29, 0.717) is 6.42 Å². The van der Waals surface area contributed by atoms with Gasteiger partial charge in [-0.1, -0.05) is 301 Å². The van der Waals surface area contributed by atoms with Gasteiger partial charge in [-0.05, 0) is 116 Å². The lowest BCUT2D eigenvalue weighted by atomic mass is 10.0. The van der Waals surface area contributed by atoms with Crippen LogP contribution in [0, 0.1) is 0 Å². The summed E-state index contributed by atoms with van der Waals surface area (Å²) in [6, 6.07) is -0.658. The van der Waals surface area contributed by atoms with Crippen molar-refractivity contribution in [1.29, 1.82) is 0 Å². The average Bonchev–Trinajstić information content (AvgIpc) is 3.41. The van der Waals surface area contributed by atoms with E-state index >= 15 is 0 Å². The number of amides is 1. The van der Waals surface area contributed by atoms with Crippen LogP contribution < -0.4 is 5.32 Å². The summed E-state index contributed by atoms with van der Waals surface area (Å²) in [5.41, 5.74) is 0. The number of allylic oxidation sites excluding steroid dienone is 23. The summed E-state index contributed by atoms with van der Waals surface area (Å²) in [7, 11) is 0. The van der Waals surface area contributed by atoms with Gasteiger partial charge in [0.1, 0.15) is 0 Å². The maximum absolute atomic E-state index is 12.5. The van der Waals surface area contributed by atoms with E-state index in [1.54, 1.807) is 6.08 Å². The predicted molar refractivity (Wildman–Crippen MR) is 335 cm³/mol. The summed E-state index contributed by atoms with van der Waals surface area (Å²) in [6.07, 6.45) is 102. The van der Waals surface area contributed by atoms with E-state index in [2.05, 4.69) is 153 Å². The van der Waals surface area contributed by atoms with Gasteiger partial charge in [0.05, 0.1) is 18.8 Å². The molecular weight excluding hydrogens is 915 g/mol. The molecule has 4 heteroatoms. The standard InChI is InChI=1S/C71H119NO3/c1-3-5-7-9-11-13-15-17-19-21-23-25-27-29-30-31-32-33-34-35-36-37-38-39-40-41-42-43-45-47-49-51-53-55-57-59-61-63-65-67-71(75)72-69(68-73)70(74)66-64-62-60-58-56-54-52-50-48-46-44-28-26-24-22-20-18-16-14-12-10-8-6-4-2/h5,7,11,13,17,19,23,25,29-30,32-33,35-36,38-39,41-42,48,50,56,58,64,66,69-70,73-74H,3-4,6,8-10,12,14-16,18,20-22,24,26-28,31,34,37,40,43-47,49,51-55,57,59-63,65,67-68H2,1-2H3,(H,72,75)/b7-5-,13-11-,19-17-,25-23-,30-29-,33-32-,36-35-,39-38-,42-41-,50-48+,58-56+,66-64+. The number of hydrogen-bond donors (Lipinski definition) is 3. The van der Waals surface area contributed by atoms with Crippen molar-refractivity contribution >= 4 is 5.91 Å². The molecule has 4 nitrogen and oxygen atoms in total. The lowest BCUT2D eigenvalue weighted by molar-refractivity contribution is -0.123. The summed E-state index contributed by atoms with van der Waals surface area (Å²) >= 11 is 0. The Morgan fingerprint density at radius 1 is 0.333 bits per heavy atom. The molecule has 0 bridgehead atoms. The fourth-order valence-electron chi connectivity index (χ4n) is 8.79. The van der Waals surface area contributed by atoms with Crippen LogP contribution in [-0.4, -0.2) is 34.9 Å². The topological polar surface area (TPSA) is 69.6 Å². The number of hydrogen-bond acceptors (Lipinski definition) is 3. The van der Waals surface area contributed by atoms with Crippen molar-refractivity contribution in [3.05, 3.63) is 146 Å². The molecule has 0 aromatic heterocycles. The Morgan fingerprint density at radius 3 is 0.933 bits per heavy atom. The summed E-state index contributed by atoms with van der Waals surface area (Å²) in [6.45, 7) is 4.18. The van der Waals surface area contributed by atoms with Crippen molar-refractivity contribution in [3.8, 4) is 0 Å². The van der Waals surface area contributed by atoms with Crippen LogP contribution >= 0.6 is 0 Å². The maximum Gasteiger partial charge on any atom is 0.220 e. The van der Waals surface area contributed by atoms with Gasteiger partial charge in [-0.15, -0.1) is 0 Å². The van der Waals surface area contributed by atoms with Crippen LogP contribution in [0.25, 0.3) is 0 Å². The second kappa shape index (κ2) is 64.6. The molecule has 3 N–H and O–H groups in total. The maximum atomic E-state index is 12.5. The molecule has 0 aromatic carbocycles. The van der Waals surface area contributed by atoms with Crippen LogP contribution in [0.15, 0.2) is 146 Å². The van der Waals surface area contributed by atoms with Crippen molar-refractivity contribution in [2.45, 2.75) is 289 Å². The second-order valence-electron chi connectivity index (χ2n) is 20.7. The molecule has 2 atom stereocenters. The minimum atomic E-state index is -0.882. The van der Waals surface area contributed by atoms with Crippen LogP contribution in [0.5, 0.6) is 0 Å². The molecule has 0 spiro atoms. The van der Waals surface area contributed by atoms with E-state index in [1.165, 1.54) is 154 Å². The minimum absolute atomic E-state index is 0.0854. The Kier molecular flexibility index (Phi) is 61.3. The van der Waals surface area contributed by atoms with Gasteiger partial charge in [0, 0.05) is 6.42 Å².